The molecule has 1 aliphatic rings. The van der Waals surface area contributed by atoms with Crippen molar-refractivity contribution in [3.63, 3.8) is 0 Å². The van der Waals surface area contributed by atoms with Gasteiger partial charge in [0.05, 0.1) is 19.4 Å². The van der Waals surface area contributed by atoms with Gasteiger partial charge in [0.25, 0.3) is 5.91 Å². The molecule has 0 saturated carbocycles. The number of ether oxygens (including phenoxy) is 1. The van der Waals surface area contributed by atoms with Gasteiger partial charge in [-0.1, -0.05) is 12.1 Å². The molecule has 0 spiro atoms. The SMILES string of the molecule is CN(Cc1ccc(OC[C@H]2CCCN(C(=O)c3ccco3)C2)cc1)Cc1nccs1. The molecular weight excluding hydrogens is 398 g/mol. The molecule has 4 rings (SSSR count). The number of piperidine rings is 1. The van der Waals surface area contributed by atoms with Crippen LogP contribution in [0.2, 0.25) is 0 Å². The summed E-state index contributed by atoms with van der Waals surface area (Å²) in [6.07, 6.45) is 5.45. The molecule has 30 heavy (non-hydrogen) atoms. The summed E-state index contributed by atoms with van der Waals surface area (Å²) in [7, 11) is 2.10. The molecule has 0 aliphatic carbocycles. The second kappa shape index (κ2) is 9.91. The number of hydrogen-bond donors (Lipinski definition) is 0. The average Bonchev–Trinajstić information content (AvgIpc) is 3.47. The number of likely N-dealkylation sites (tertiary alicyclic amines) is 1. The zero-order valence-electron chi connectivity index (χ0n) is 17.2. The first-order valence-corrected chi connectivity index (χ1v) is 11.2. The Balaban J connectivity index is 1.24. The Kier molecular flexibility index (Phi) is 6.81. The molecule has 1 fully saturated rings. The van der Waals surface area contributed by atoms with E-state index in [1.807, 2.05) is 28.6 Å². The minimum atomic E-state index is -0.0316. The van der Waals surface area contributed by atoms with E-state index in [9.17, 15) is 4.79 Å². The minimum Gasteiger partial charge on any atom is -0.493 e. The second-order valence-corrected chi connectivity index (χ2v) is 8.77. The lowest BCUT2D eigenvalue weighted by Crippen LogP contribution is -2.41. The number of hydrogen-bond acceptors (Lipinski definition) is 6. The Morgan fingerprint density at radius 2 is 2.17 bits per heavy atom. The molecule has 1 atom stereocenters. The van der Waals surface area contributed by atoms with Crippen molar-refractivity contribution in [3.8, 4) is 5.75 Å². The average molecular weight is 426 g/mol. The Morgan fingerprint density at radius 1 is 1.30 bits per heavy atom. The van der Waals surface area contributed by atoms with Gasteiger partial charge in [-0.05, 0) is 49.7 Å². The molecule has 3 aromatic rings. The standard InChI is InChI=1S/C23H27N3O3S/c1-25(16-22-24-10-13-30-22)14-18-6-8-20(9-7-18)29-17-19-4-2-11-26(15-19)23(27)21-5-3-12-28-21/h3,5-10,12-13,19H,2,4,11,14-17H2,1H3/t19-/m0/s1. The van der Waals surface area contributed by atoms with Gasteiger partial charge in [0.2, 0.25) is 0 Å². The first kappa shape index (κ1) is 20.6. The van der Waals surface area contributed by atoms with Crippen LogP contribution in [-0.2, 0) is 13.1 Å². The maximum Gasteiger partial charge on any atom is 0.289 e. The van der Waals surface area contributed by atoms with Crippen molar-refractivity contribution in [2.45, 2.75) is 25.9 Å². The first-order valence-electron chi connectivity index (χ1n) is 10.3. The number of aromatic nitrogens is 1. The van der Waals surface area contributed by atoms with E-state index < -0.39 is 0 Å². The van der Waals surface area contributed by atoms with Gasteiger partial charge in [-0.15, -0.1) is 11.3 Å². The van der Waals surface area contributed by atoms with E-state index in [1.165, 1.54) is 11.8 Å². The van der Waals surface area contributed by atoms with Gasteiger partial charge in [-0.25, -0.2) is 4.98 Å². The highest BCUT2D eigenvalue weighted by Crippen LogP contribution is 2.21. The molecule has 0 unspecified atom stereocenters. The van der Waals surface area contributed by atoms with Crippen molar-refractivity contribution in [1.29, 1.82) is 0 Å². The zero-order valence-corrected chi connectivity index (χ0v) is 18.0. The lowest BCUT2D eigenvalue weighted by Gasteiger charge is -2.32. The largest absolute Gasteiger partial charge is 0.493 e. The van der Waals surface area contributed by atoms with Crippen LogP contribution < -0.4 is 4.74 Å². The number of amides is 1. The molecule has 1 aliphatic heterocycles. The van der Waals surface area contributed by atoms with Crippen LogP contribution in [0, 0.1) is 5.92 Å². The van der Waals surface area contributed by atoms with Crippen LogP contribution >= 0.6 is 11.3 Å². The Bertz CT molecular complexity index is 910. The van der Waals surface area contributed by atoms with Crippen molar-refractivity contribution in [3.05, 3.63) is 70.6 Å². The van der Waals surface area contributed by atoms with Gasteiger partial charge in [-0.2, -0.15) is 0 Å². The quantitative estimate of drug-likeness (QED) is 0.539. The molecule has 7 heteroatoms. The summed E-state index contributed by atoms with van der Waals surface area (Å²) in [5.74, 6) is 1.58. The van der Waals surface area contributed by atoms with Crippen LogP contribution in [0.1, 0.15) is 34.0 Å². The Labute approximate surface area is 181 Å². The number of furan rings is 1. The molecule has 0 radical (unpaired) electrons. The number of carbonyl (C=O) groups excluding carboxylic acids is 1. The van der Waals surface area contributed by atoms with Gasteiger partial charge in [0.1, 0.15) is 10.8 Å². The number of nitrogens with zero attached hydrogens (tertiary/aromatic N) is 3. The highest BCUT2D eigenvalue weighted by Gasteiger charge is 2.26. The molecule has 0 N–H and O–H groups in total. The third kappa shape index (κ3) is 5.49. The molecule has 3 heterocycles. The maximum absolute atomic E-state index is 12.5. The van der Waals surface area contributed by atoms with Crippen LogP contribution in [0.3, 0.4) is 0 Å². The van der Waals surface area contributed by atoms with E-state index >= 15 is 0 Å². The summed E-state index contributed by atoms with van der Waals surface area (Å²) < 4.78 is 11.3. The third-order valence-corrected chi connectivity index (χ3v) is 6.05. The van der Waals surface area contributed by atoms with Crippen molar-refractivity contribution in [1.82, 2.24) is 14.8 Å². The van der Waals surface area contributed by atoms with E-state index in [2.05, 4.69) is 29.1 Å². The monoisotopic (exact) mass is 425 g/mol. The van der Waals surface area contributed by atoms with E-state index in [-0.39, 0.29) is 5.91 Å². The highest BCUT2D eigenvalue weighted by atomic mass is 32.1. The van der Waals surface area contributed by atoms with Crippen molar-refractivity contribution in [2.75, 3.05) is 26.7 Å². The predicted molar refractivity (Wildman–Crippen MR) is 117 cm³/mol. The van der Waals surface area contributed by atoms with E-state index in [0.717, 1.165) is 43.2 Å². The molecule has 1 amide bonds. The normalized spacial score (nSPS) is 16.7. The molecule has 6 nitrogen and oxygen atoms in total. The first-order chi connectivity index (χ1) is 14.7. The molecule has 1 saturated heterocycles. The topological polar surface area (TPSA) is 58.8 Å². The summed E-state index contributed by atoms with van der Waals surface area (Å²) >= 11 is 1.68. The number of benzene rings is 1. The van der Waals surface area contributed by atoms with Gasteiger partial charge >= 0.3 is 0 Å². The van der Waals surface area contributed by atoms with Crippen LogP contribution in [0.25, 0.3) is 0 Å². The molecule has 158 valence electrons. The van der Waals surface area contributed by atoms with E-state index in [4.69, 9.17) is 9.15 Å². The van der Waals surface area contributed by atoms with Crippen molar-refractivity contribution < 1.29 is 13.9 Å². The molecule has 0 bridgehead atoms. The minimum absolute atomic E-state index is 0.0316. The Morgan fingerprint density at radius 3 is 2.90 bits per heavy atom. The van der Waals surface area contributed by atoms with Crippen molar-refractivity contribution >= 4 is 17.2 Å². The highest BCUT2D eigenvalue weighted by molar-refractivity contribution is 7.09. The second-order valence-electron chi connectivity index (χ2n) is 7.79. The third-order valence-electron chi connectivity index (χ3n) is 5.29. The van der Waals surface area contributed by atoms with Crippen LogP contribution in [0.15, 0.2) is 58.7 Å². The van der Waals surface area contributed by atoms with Crippen molar-refractivity contribution in [2.24, 2.45) is 5.92 Å². The maximum atomic E-state index is 12.5. The smallest absolute Gasteiger partial charge is 0.289 e. The Hall–Kier alpha value is -2.64. The summed E-state index contributed by atoms with van der Waals surface area (Å²) in [6.45, 7) is 3.82. The van der Waals surface area contributed by atoms with Gasteiger partial charge < -0.3 is 14.1 Å². The zero-order chi connectivity index (χ0) is 20.8. The van der Waals surface area contributed by atoms with Crippen LogP contribution in [-0.4, -0.2) is 47.4 Å². The predicted octanol–water partition coefficient (Wildman–Crippen LogP) is 4.30. The van der Waals surface area contributed by atoms with Gasteiger partial charge in [0, 0.05) is 37.1 Å². The van der Waals surface area contributed by atoms with E-state index in [1.54, 1.807) is 23.5 Å². The summed E-state index contributed by atoms with van der Waals surface area (Å²) in [5, 5.41) is 3.14. The summed E-state index contributed by atoms with van der Waals surface area (Å²) in [6, 6.07) is 11.8. The number of carbonyl (C=O) groups is 1. The number of rotatable bonds is 8. The fourth-order valence-electron chi connectivity index (χ4n) is 3.78. The fourth-order valence-corrected chi connectivity index (χ4v) is 4.47. The van der Waals surface area contributed by atoms with E-state index in [0.29, 0.717) is 24.8 Å². The lowest BCUT2D eigenvalue weighted by atomic mass is 9.98. The van der Waals surface area contributed by atoms with Gasteiger partial charge in [-0.3, -0.25) is 9.69 Å². The number of thiazole rings is 1. The fraction of sp³-hybridized carbons (Fsp3) is 0.391. The molecule has 1 aromatic carbocycles. The molecular formula is C23H27N3O3S. The van der Waals surface area contributed by atoms with Crippen LogP contribution in [0.5, 0.6) is 5.75 Å². The summed E-state index contributed by atoms with van der Waals surface area (Å²) in [4.78, 5) is 21.0. The molecule has 2 aromatic heterocycles. The summed E-state index contributed by atoms with van der Waals surface area (Å²) in [5.41, 5.74) is 1.24. The lowest BCUT2D eigenvalue weighted by molar-refractivity contribution is 0.0602. The van der Waals surface area contributed by atoms with Crippen LogP contribution in [0.4, 0.5) is 0 Å². The van der Waals surface area contributed by atoms with Gasteiger partial charge in [0.15, 0.2) is 5.76 Å².